The van der Waals surface area contributed by atoms with Crippen LogP contribution in [-0.4, -0.2) is 32.7 Å². The molecule has 9 heteroatoms. The van der Waals surface area contributed by atoms with E-state index in [1.54, 1.807) is 59.1 Å². The van der Waals surface area contributed by atoms with Crippen LogP contribution in [0.2, 0.25) is 0 Å². The van der Waals surface area contributed by atoms with Crippen molar-refractivity contribution in [2.45, 2.75) is 50.5 Å². The van der Waals surface area contributed by atoms with Crippen molar-refractivity contribution >= 4 is 40.8 Å². The van der Waals surface area contributed by atoms with Crippen molar-refractivity contribution in [2.24, 2.45) is 0 Å². The van der Waals surface area contributed by atoms with Crippen molar-refractivity contribution in [3.63, 3.8) is 0 Å². The fourth-order valence-corrected chi connectivity index (χ4v) is 4.16. The Balaban J connectivity index is 1.53. The van der Waals surface area contributed by atoms with Crippen LogP contribution in [0.4, 0.5) is 5.82 Å². The number of carbonyl (C=O) groups excluding carboxylic acids is 2. The number of carbonyl (C=O) groups is 2. The van der Waals surface area contributed by atoms with Crippen LogP contribution in [0, 0.1) is 6.92 Å². The van der Waals surface area contributed by atoms with Gasteiger partial charge in [0, 0.05) is 28.1 Å². The molecule has 0 bridgehead atoms. The first-order valence-corrected chi connectivity index (χ1v) is 11.4. The number of nitrogens with one attached hydrogen (secondary N) is 1. The molecule has 0 radical (unpaired) electrons. The molecule has 0 aliphatic carbocycles. The van der Waals surface area contributed by atoms with Crippen LogP contribution in [0.5, 0.6) is 0 Å². The molecule has 0 aliphatic heterocycles. The lowest BCUT2D eigenvalue weighted by Gasteiger charge is -2.15. The van der Waals surface area contributed by atoms with Crippen LogP contribution in [0.25, 0.3) is 0 Å². The van der Waals surface area contributed by atoms with Crippen molar-refractivity contribution in [3.05, 3.63) is 58.2 Å². The molecular formula is C21H24N4O3S2. The summed E-state index contributed by atoms with van der Waals surface area (Å²) in [6.45, 7) is 7.46. The molecule has 3 rings (SSSR count). The Morgan fingerprint density at radius 2 is 1.93 bits per heavy atom. The number of ether oxygens (including phenoxy) is 1. The van der Waals surface area contributed by atoms with E-state index < -0.39 is 18.0 Å². The summed E-state index contributed by atoms with van der Waals surface area (Å²) in [5.74, 6) is 0.394. The predicted molar refractivity (Wildman–Crippen MR) is 119 cm³/mol. The molecule has 1 amide bonds. The molecule has 0 fully saturated rings. The lowest BCUT2D eigenvalue weighted by molar-refractivity contribution is -0.123. The highest BCUT2D eigenvalue weighted by Crippen LogP contribution is 2.24. The summed E-state index contributed by atoms with van der Waals surface area (Å²) in [6, 6.07) is 8.95. The SMILES string of the molecule is Cc1nc(CSc2ccc(C(=O)OC(C)C(=O)Nc3ccnn3C(C)C)cc2)cs1. The van der Waals surface area contributed by atoms with Crippen molar-refractivity contribution in [2.75, 3.05) is 5.32 Å². The lowest BCUT2D eigenvalue weighted by Crippen LogP contribution is -2.31. The minimum atomic E-state index is -0.935. The van der Waals surface area contributed by atoms with E-state index in [-0.39, 0.29) is 6.04 Å². The molecule has 3 aromatic rings. The average molecular weight is 445 g/mol. The highest BCUT2D eigenvalue weighted by atomic mass is 32.2. The number of rotatable bonds is 8. The van der Waals surface area contributed by atoms with E-state index in [0.29, 0.717) is 11.4 Å². The number of nitrogens with zero attached hydrogens (tertiary/aromatic N) is 3. The predicted octanol–water partition coefficient (Wildman–Crippen LogP) is 4.71. The van der Waals surface area contributed by atoms with Gasteiger partial charge >= 0.3 is 5.97 Å². The average Bonchev–Trinajstić information content (AvgIpc) is 3.35. The summed E-state index contributed by atoms with van der Waals surface area (Å²) < 4.78 is 7.01. The Morgan fingerprint density at radius 3 is 2.57 bits per heavy atom. The number of esters is 1. The van der Waals surface area contributed by atoms with Crippen LogP contribution < -0.4 is 5.32 Å². The molecule has 158 valence electrons. The van der Waals surface area contributed by atoms with E-state index in [9.17, 15) is 9.59 Å². The van der Waals surface area contributed by atoms with Crippen LogP contribution in [0.15, 0.2) is 46.8 Å². The second-order valence-corrected chi connectivity index (χ2v) is 9.07. The number of thiazole rings is 1. The van der Waals surface area contributed by atoms with Crippen molar-refractivity contribution in [3.8, 4) is 0 Å². The van der Waals surface area contributed by atoms with E-state index in [0.717, 1.165) is 21.3 Å². The first-order chi connectivity index (χ1) is 14.3. The maximum absolute atomic E-state index is 12.4. The van der Waals surface area contributed by atoms with Gasteiger partial charge in [0.2, 0.25) is 0 Å². The number of aromatic nitrogens is 3. The summed E-state index contributed by atoms with van der Waals surface area (Å²) in [7, 11) is 0. The molecule has 1 N–H and O–H groups in total. The number of thioether (sulfide) groups is 1. The van der Waals surface area contributed by atoms with Crippen LogP contribution in [0.1, 0.15) is 47.9 Å². The minimum Gasteiger partial charge on any atom is -0.449 e. The summed E-state index contributed by atoms with van der Waals surface area (Å²) >= 11 is 3.29. The number of amides is 1. The Labute approximate surface area is 183 Å². The van der Waals surface area contributed by atoms with Gasteiger partial charge in [0.25, 0.3) is 5.91 Å². The number of anilines is 1. The van der Waals surface area contributed by atoms with Crippen LogP contribution >= 0.6 is 23.1 Å². The molecule has 0 spiro atoms. The maximum Gasteiger partial charge on any atom is 0.338 e. The Morgan fingerprint density at radius 1 is 1.20 bits per heavy atom. The van der Waals surface area contributed by atoms with Gasteiger partial charge in [-0.3, -0.25) is 4.79 Å². The summed E-state index contributed by atoms with van der Waals surface area (Å²) in [6.07, 6.45) is 0.677. The van der Waals surface area contributed by atoms with E-state index in [2.05, 4.69) is 20.8 Å². The van der Waals surface area contributed by atoms with Crippen molar-refractivity contribution in [1.29, 1.82) is 0 Å². The van der Waals surface area contributed by atoms with E-state index in [1.807, 2.05) is 32.9 Å². The standard InChI is InChI=1S/C21H24N4O3S2/c1-13(2)25-19(9-10-22-25)24-20(26)14(3)28-21(27)16-5-7-18(8-6-16)30-12-17-11-29-15(4)23-17/h5-11,13-14H,12H2,1-4H3,(H,24,26). The quantitative estimate of drug-likeness (QED) is 0.400. The smallest absolute Gasteiger partial charge is 0.338 e. The zero-order valence-corrected chi connectivity index (χ0v) is 18.9. The molecule has 2 heterocycles. The number of aryl methyl sites for hydroxylation is 1. The van der Waals surface area contributed by atoms with Gasteiger partial charge in [0.1, 0.15) is 5.82 Å². The molecule has 1 aromatic carbocycles. The van der Waals surface area contributed by atoms with Gasteiger partial charge < -0.3 is 10.1 Å². The fraction of sp³-hybridized carbons (Fsp3) is 0.333. The molecule has 7 nitrogen and oxygen atoms in total. The Bertz CT molecular complexity index is 1010. The lowest BCUT2D eigenvalue weighted by atomic mass is 10.2. The van der Waals surface area contributed by atoms with Gasteiger partial charge in [-0.05, 0) is 52.0 Å². The van der Waals surface area contributed by atoms with Crippen molar-refractivity contribution in [1.82, 2.24) is 14.8 Å². The third-order valence-electron chi connectivity index (χ3n) is 4.21. The van der Waals surface area contributed by atoms with Gasteiger partial charge in [-0.1, -0.05) is 0 Å². The topological polar surface area (TPSA) is 86.1 Å². The zero-order valence-electron chi connectivity index (χ0n) is 17.3. The highest BCUT2D eigenvalue weighted by Gasteiger charge is 2.20. The van der Waals surface area contributed by atoms with Gasteiger partial charge in [0.15, 0.2) is 6.10 Å². The number of hydrogen-bond acceptors (Lipinski definition) is 7. The first-order valence-electron chi connectivity index (χ1n) is 9.52. The van der Waals surface area contributed by atoms with Gasteiger partial charge in [-0.2, -0.15) is 5.10 Å². The van der Waals surface area contributed by atoms with Gasteiger partial charge in [-0.25, -0.2) is 14.5 Å². The normalized spacial score (nSPS) is 12.0. The fourth-order valence-electron chi connectivity index (χ4n) is 2.65. The highest BCUT2D eigenvalue weighted by molar-refractivity contribution is 7.98. The van der Waals surface area contributed by atoms with Gasteiger partial charge in [0.05, 0.1) is 22.5 Å². The van der Waals surface area contributed by atoms with E-state index in [4.69, 9.17) is 4.74 Å². The molecule has 0 aliphatic rings. The van der Waals surface area contributed by atoms with Crippen LogP contribution in [0.3, 0.4) is 0 Å². The molecule has 0 saturated heterocycles. The third-order valence-corrected chi connectivity index (χ3v) is 6.07. The molecule has 30 heavy (non-hydrogen) atoms. The third kappa shape index (κ3) is 5.70. The van der Waals surface area contributed by atoms with Crippen molar-refractivity contribution < 1.29 is 14.3 Å². The molecule has 1 unspecified atom stereocenters. The first kappa shape index (κ1) is 22.0. The number of hydrogen-bond donors (Lipinski definition) is 1. The molecule has 1 atom stereocenters. The number of benzene rings is 1. The minimum absolute atomic E-state index is 0.101. The van der Waals surface area contributed by atoms with E-state index in [1.165, 1.54) is 0 Å². The van der Waals surface area contributed by atoms with Crippen LogP contribution in [-0.2, 0) is 15.3 Å². The monoisotopic (exact) mass is 444 g/mol. The second-order valence-electron chi connectivity index (χ2n) is 6.96. The summed E-state index contributed by atoms with van der Waals surface area (Å²) in [4.78, 5) is 30.3. The Kier molecular flexibility index (Phi) is 7.28. The molecular weight excluding hydrogens is 420 g/mol. The largest absolute Gasteiger partial charge is 0.449 e. The van der Waals surface area contributed by atoms with Gasteiger partial charge in [-0.15, -0.1) is 23.1 Å². The zero-order chi connectivity index (χ0) is 21.7. The summed E-state index contributed by atoms with van der Waals surface area (Å²) in [5, 5.41) is 10.0. The van der Waals surface area contributed by atoms with E-state index >= 15 is 0 Å². The Hall–Kier alpha value is -2.65. The second kappa shape index (κ2) is 9.90. The maximum atomic E-state index is 12.4. The molecule has 2 aromatic heterocycles. The molecule has 0 saturated carbocycles. The summed E-state index contributed by atoms with van der Waals surface area (Å²) in [5.41, 5.74) is 1.44.